The highest BCUT2D eigenvalue weighted by Crippen LogP contribution is 2.15. The summed E-state index contributed by atoms with van der Waals surface area (Å²) < 4.78 is 18.7. The molecule has 6 nitrogen and oxygen atoms in total. The second-order valence-corrected chi connectivity index (χ2v) is 8.41. The molecule has 8 heteroatoms. The molecule has 0 radical (unpaired) electrons. The maximum absolute atomic E-state index is 13.3. The Morgan fingerprint density at radius 2 is 1.94 bits per heavy atom. The molecule has 0 unspecified atom stereocenters. The van der Waals surface area contributed by atoms with Gasteiger partial charge in [0.1, 0.15) is 5.82 Å². The van der Waals surface area contributed by atoms with Crippen molar-refractivity contribution < 1.29 is 9.13 Å². The Morgan fingerprint density at radius 3 is 2.69 bits per heavy atom. The first kappa shape index (κ1) is 22.4. The van der Waals surface area contributed by atoms with Crippen LogP contribution in [0, 0.1) is 12.7 Å². The molecule has 1 saturated heterocycles. The number of nitrogens with one attached hydrogen (secondary N) is 2. The Morgan fingerprint density at radius 1 is 1.19 bits per heavy atom. The van der Waals surface area contributed by atoms with E-state index in [-0.39, 0.29) is 11.4 Å². The fraction of sp³-hybridized carbons (Fsp3) is 0.333. The zero-order chi connectivity index (χ0) is 22.5. The van der Waals surface area contributed by atoms with Gasteiger partial charge in [-0.25, -0.2) is 4.39 Å². The SMILES string of the molecule is Cc1ccc2cc(CN(CCN3CCOCC3)C(=S)Nc3ccc(F)cc3)c(=O)[nH]c2c1. The van der Waals surface area contributed by atoms with E-state index in [0.29, 0.717) is 29.5 Å². The summed E-state index contributed by atoms with van der Waals surface area (Å²) in [6.45, 7) is 7.03. The van der Waals surface area contributed by atoms with Crippen molar-refractivity contribution in [3.05, 3.63) is 75.8 Å². The lowest BCUT2D eigenvalue weighted by Gasteiger charge is -2.31. The van der Waals surface area contributed by atoms with Crippen molar-refractivity contribution in [2.75, 3.05) is 44.7 Å². The van der Waals surface area contributed by atoms with E-state index in [4.69, 9.17) is 17.0 Å². The number of benzene rings is 2. The molecule has 1 fully saturated rings. The first-order chi connectivity index (χ1) is 15.5. The number of morpholine rings is 1. The van der Waals surface area contributed by atoms with Gasteiger partial charge < -0.3 is 19.9 Å². The zero-order valence-electron chi connectivity index (χ0n) is 18.1. The largest absolute Gasteiger partial charge is 0.379 e. The highest BCUT2D eigenvalue weighted by molar-refractivity contribution is 7.80. The van der Waals surface area contributed by atoms with E-state index in [9.17, 15) is 9.18 Å². The van der Waals surface area contributed by atoms with E-state index in [2.05, 4.69) is 15.2 Å². The maximum atomic E-state index is 13.3. The number of thiocarbonyl (C=S) groups is 1. The number of anilines is 1. The molecule has 2 aromatic carbocycles. The summed E-state index contributed by atoms with van der Waals surface area (Å²) in [5.74, 6) is -0.302. The standard InChI is InChI=1S/C24H27FN4O2S/c1-17-2-3-18-15-19(23(30)27-22(18)14-17)16-29(9-8-28-10-12-31-13-11-28)24(32)26-21-6-4-20(25)5-7-21/h2-7,14-15H,8-13,16H2,1H3,(H,26,32)(H,27,30). The summed E-state index contributed by atoms with van der Waals surface area (Å²) in [6, 6.07) is 14.0. The van der Waals surface area contributed by atoms with E-state index in [1.807, 2.05) is 36.1 Å². The van der Waals surface area contributed by atoms with Gasteiger partial charge in [-0.1, -0.05) is 12.1 Å². The van der Waals surface area contributed by atoms with Gasteiger partial charge in [0.15, 0.2) is 5.11 Å². The van der Waals surface area contributed by atoms with Crippen molar-refractivity contribution in [3.63, 3.8) is 0 Å². The average molecular weight is 455 g/mol. The van der Waals surface area contributed by atoms with Crippen molar-refractivity contribution in [2.24, 2.45) is 0 Å². The molecule has 2 N–H and O–H groups in total. The molecular weight excluding hydrogens is 427 g/mol. The number of aryl methyl sites for hydroxylation is 1. The lowest BCUT2D eigenvalue weighted by molar-refractivity contribution is 0.0358. The Hall–Kier alpha value is -2.81. The highest BCUT2D eigenvalue weighted by Gasteiger charge is 2.17. The van der Waals surface area contributed by atoms with Gasteiger partial charge in [0, 0.05) is 42.9 Å². The van der Waals surface area contributed by atoms with Gasteiger partial charge >= 0.3 is 0 Å². The van der Waals surface area contributed by atoms with Crippen LogP contribution in [-0.4, -0.2) is 59.3 Å². The van der Waals surface area contributed by atoms with Crippen LogP contribution in [0.4, 0.5) is 10.1 Å². The number of aromatic nitrogens is 1. The van der Waals surface area contributed by atoms with E-state index in [1.54, 1.807) is 12.1 Å². The number of halogens is 1. The Balaban J connectivity index is 1.54. The number of hydrogen-bond acceptors (Lipinski definition) is 4. The van der Waals surface area contributed by atoms with Crippen LogP contribution in [0.5, 0.6) is 0 Å². The van der Waals surface area contributed by atoms with E-state index in [1.165, 1.54) is 12.1 Å². The normalized spacial score (nSPS) is 14.4. The molecule has 168 valence electrons. The number of aromatic amines is 1. The second kappa shape index (κ2) is 10.2. The monoisotopic (exact) mass is 454 g/mol. The lowest BCUT2D eigenvalue weighted by Crippen LogP contribution is -2.44. The van der Waals surface area contributed by atoms with Crippen LogP contribution < -0.4 is 10.9 Å². The average Bonchev–Trinajstić information content (AvgIpc) is 2.79. The van der Waals surface area contributed by atoms with Crippen molar-refractivity contribution >= 4 is 33.9 Å². The van der Waals surface area contributed by atoms with Gasteiger partial charge in [0.25, 0.3) is 5.56 Å². The van der Waals surface area contributed by atoms with Gasteiger partial charge in [-0.15, -0.1) is 0 Å². The zero-order valence-corrected chi connectivity index (χ0v) is 18.9. The fourth-order valence-electron chi connectivity index (χ4n) is 3.76. The maximum Gasteiger partial charge on any atom is 0.253 e. The van der Waals surface area contributed by atoms with Gasteiger partial charge in [0.05, 0.1) is 19.8 Å². The minimum Gasteiger partial charge on any atom is -0.379 e. The lowest BCUT2D eigenvalue weighted by atomic mass is 10.1. The Labute approximate surface area is 192 Å². The smallest absolute Gasteiger partial charge is 0.253 e. The molecule has 0 bridgehead atoms. The van der Waals surface area contributed by atoms with Crippen LogP contribution in [0.2, 0.25) is 0 Å². The van der Waals surface area contributed by atoms with E-state index < -0.39 is 0 Å². The minimum atomic E-state index is -0.302. The molecule has 0 saturated carbocycles. The molecule has 0 amide bonds. The molecule has 1 aromatic heterocycles. The third-order valence-corrected chi connectivity index (χ3v) is 5.97. The first-order valence-electron chi connectivity index (χ1n) is 10.7. The molecule has 0 aliphatic carbocycles. The summed E-state index contributed by atoms with van der Waals surface area (Å²) in [6.07, 6.45) is 0. The van der Waals surface area contributed by atoms with Crippen molar-refractivity contribution in [1.82, 2.24) is 14.8 Å². The summed E-state index contributed by atoms with van der Waals surface area (Å²) in [5, 5.41) is 4.65. The minimum absolute atomic E-state index is 0.121. The van der Waals surface area contributed by atoms with Crippen molar-refractivity contribution in [2.45, 2.75) is 13.5 Å². The summed E-state index contributed by atoms with van der Waals surface area (Å²) in [7, 11) is 0. The second-order valence-electron chi connectivity index (χ2n) is 8.03. The fourth-order valence-corrected chi connectivity index (χ4v) is 4.03. The third kappa shape index (κ3) is 5.70. The van der Waals surface area contributed by atoms with Gasteiger partial charge in [0.2, 0.25) is 0 Å². The predicted octanol–water partition coefficient (Wildman–Crippen LogP) is 3.51. The van der Waals surface area contributed by atoms with Gasteiger partial charge in [-0.2, -0.15) is 0 Å². The number of pyridine rings is 1. The predicted molar refractivity (Wildman–Crippen MR) is 130 cm³/mol. The van der Waals surface area contributed by atoms with Crippen LogP contribution >= 0.6 is 12.2 Å². The van der Waals surface area contributed by atoms with Crippen LogP contribution in [0.25, 0.3) is 10.9 Å². The molecule has 4 rings (SSSR count). The summed E-state index contributed by atoms with van der Waals surface area (Å²) >= 11 is 5.68. The Bertz CT molecular complexity index is 1140. The number of hydrogen-bond donors (Lipinski definition) is 2. The summed E-state index contributed by atoms with van der Waals surface area (Å²) in [4.78, 5) is 20.1. The molecule has 1 aliphatic rings. The van der Waals surface area contributed by atoms with E-state index >= 15 is 0 Å². The van der Waals surface area contributed by atoms with Crippen molar-refractivity contribution in [1.29, 1.82) is 0 Å². The number of rotatable bonds is 6. The van der Waals surface area contributed by atoms with E-state index in [0.717, 1.165) is 49.3 Å². The molecule has 1 aliphatic heterocycles. The summed E-state index contributed by atoms with van der Waals surface area (Å²) in [5.41, 5.74) is 3.15. The van der Waals surface area contributed by atoms with Gasteiger partial charge in [-0.05, 0) is 66.5 Å². The number of nitrogens with zero attached hydrogens (tertiary/aromatic N) is 2. The van der Waals surface area contributed by atoms with Crippen LogP contribution in [0.1, 0.15) is 11.1 Å². The number of fused-ring (bicyclic) bond motifs is 1. The number of ether oxygens (including phenoxy) is 1. The van der Waals surface area contributed by atoms with Crippen LogP contribution in [0.3, 0.4) is 0 Å². The number of H-pyrrole nitrogens is 1. The molecule has 0 spiro atoms. The van der Waals surface area contributed by atoms with Crippen LogP contribution in [0.15, 0.2) is 53.3 Å². The Kier molecular flexibility index (Phi) is 7.14. The quantitative estimate of drug-likeness (QED) is 0.556. The molecule has 2 heterocycles. The highest BCUT2D eigenvalue weighted by atomic mass is 32.1. The van der Waals surface area contributed by atoms with Crippen molar-refractivity contribution in [3.8, 4) is 0 Å². The molecule has 3 aromatic rings. The molecule has 32 heavy (non-hydrogen) atoms. The molecular formula is C24H27FN4O2S. The van der Waals surface area contributed by atoms with Crippen LogP contribution in [-0.2, 0) is 11.3 Å². The molecule has 0 atom stereocenters. The van der Waals surface area contributed by atoms with Gasteiger partial charge in [-0.3, -0.25) is 9.69 Å². The topological polar surface area (TPSA) is 60.6 Å². The first-order valence-corrected chi connectivity index (χ1v) is 11.1. The third-order valence-electron chi connectivity index (χ3n) is 5.61.